The van der Waals surface area contributed by atoms with Crippen LogP contribution in [-0.4, -0.2) is 35.9 Å². The number of nitrogens with zero attached hydrogens (tertiary/aromatic N) is 2. The van der Waals surface area contributed by atoms with Gasteiger partial charge in [0.1, 0.15) is 0 Å². The number of rotatable bonds is 3. The van der Waals surface area contributed by atoms with Gasteiger partial charge in [-0.3, -0.25) is 10.1 Å². The Morgan fingerprint density at radius 3 is 2.89 bits per heavy atom. The van der Waals surface area contributed by atoms with Crippen LogP contribution in [0.2, 0.25) is 5.02 Å². The Morgan fingerprint density at radius 1 is 1.53 bits per heavy atom. The van der Waals surface area contributed by atoms with Crippen molar-refractivity contribution in [1.29, 1.82) is 0 Å². The van der Waals surface area contributed by atoms with E-state index in [1.54, 1.807) is 0 Å². The van der Waals surface area contributed by atoms with Gasteiger partial charge in [0, 0.05) is 18.3 Å². The number of aromatic nitrogens is 1. The fourth-order valence-corrected chi connectivity index (χ4v) is 3.80. The van der Waals surface area contributed by atoms with Crippen molar-refractivity contribution < 1.29 is 13.3 Å². The van der Waals surface area contributed by atoms with Crippen molar-refractivity contribution in [2.75, 3.05) is 16.8 Å². The number of anilines is 1. The second-order valence-electron chi connectivity index (χ2n) is 4.38. The minimum absolute atomic E-state index is 0.0333. The van der Waals surface area contributed by atoms with Crippen molar-refractivity contribution in [3.8, 4) is 0 Å². The first-order valence-electron chi connectivity index (χ1n) is 5.64. The van der Waals surface area contributed by atoms with Crippen molar-refractivity contribution in [2.24, 2.45) is 0 Å². The summed E-state index contributed by atoms with van der Waals surface area (Å²) >= 11 is 5.66. The molecule has 1 saturated heterocycles. The van der Waals surface area contributed by atoms with E-state index >= 15 is 0 Å². The lowest BCUT2D eigenvalue weighted by molar-refractivity contribution is -0.384. The molecule has 1 aliphatic rings. The van der Waals surface area contributed by atoms with Gasteiger partial charge in [-0.2, -0.15) is 0 Å². The fraction of sp³-hybridized carbons (Fsp3) is 0.500. The standard InChI is InChI=1S/C10H12ClN3O4S/c11-7-4-9(14(15)16)10(12-5-7)13-8-2-1-3-19(17,18)6-8/h4-5,8H,1-3,6H2,(H,12,13). The second kappa shape index (κ2) is 5.30. The van der Waals surface area contributed by atoms with E-state index < -0.39 is 14.8 Å². The highest BCUT2D eigenvalue weighted by Gasteiger charge is 2.27. The Morgan fingerprint density at radius 2 is 2.26 bits per heavy atom. The SMILES string of the molecule is O=[N+]([O-])c1cc(Cl)cnc1NC1CCCS(=O)(=O)C1. The zero-order valence-corrected chi connectivity index (χ0v) is 11.4. The number of hydrogen-bond acceptors (Lipinski definition) is 6. The maximum atomic E-state index is 11.5. The largest absolute Gasteiger partial charge is 0.361 e. The molecule has 1 N–H and O–H groups in total. The first-order chi connectivity index (χ1) is 8.87. The highest BCUT2D eigenvalue weighted by Crippen LogP contribution is 2.27. The summed E-state index contributed by atoms with van der Waals surface area (Å²) < 4.78 is 23.0. The van der Waals surface area contributed by atoms with Crippen LogP contribution in [0.4, 0.5) is 11.5 Å². The molecule has 1 aromatic heterocycles. The summed E-state index contributed by atoms with van der Waals surface area (Å²) in [6, 6.07) is 0.833. The van der Waals surface area contributed by atoms with Gasteiger partial charge in [0.15, 0.2) is 9.84 Å². The number of halogens is 1. The van der Waals surface area contributed by atoms with Crippen LogP contribution in [0.15, 0.2) is 12.3 Å². The lowest BCUT2D eigenvalue weighted by Crippen LogP contribution is -2.35. The smallest absolute Gasteiger partial charge is 0.312 e. The van der Waals surface area contributed by atoms with Crippen molar-refractivity contribution in [3.05, 3.63) is 27.4 Å². The number of nitrogens with one attached hydrogen (secondary N) is 1. The molecule has 0 bridgehead atoms. The normalized spacial score (nSPS) is 21.8. The van der Waals surface area contributed by atoms with Crippen molar-refractivity contribution >= 4 is 32.9 Å². The maximum absolute atomic E-state index is 11.5. The van der Waals surface area contributed by atoms with Crippen molar-refractivity contribution in [1.82, 2.24) is 4.98 Å². The minimum Gasteiger partial charge on any atom is -0.361 e. The first-order valence-corrected chi connectivity index (χ1v) is 7.84. The molecular weight excluding hydrogens is 294 g/mol. The lowest BCUT2D eigenvalue weighted by atomic mass is 10.2. The molecule has 1 atom stereocenters. The van der Waals surface area contributed by atoms with Crippen LogP contribution in [-0.2, 0) is 9.84 Å². The molecule has 0 aromatic carbocycles. The summed E-state index contributed by atoms with van der Waals surface area (Å²) in [6.45, 7) is 0. The summed E-state index contributed by atoms with van der Waals surface area (Å²) in [7, 11) is -3.08. The van der Waals surface area contributed by atoms with Gasteiger partial charge in [-0.25, -0.2) is 13.4 Å². The van der Waals surface area contributed by atoms with Crippen molar-refractivity contribution in [3.63, 3.8) is 0 Å². The van der Waals surface area contributed by atoms with E-state index in [-0.39, 0.29) is 34.1 Å². The van der Waals surface area contributed by atoms with Gasteiger partial charge in [-0.15, -0.1) is 0 Å². The van der Waals surface area contributed by atoms with Gasteiger partial charge in [0.25, 0.3) is 0 Å². The molecule has 0 radical (unpaired) electrons. The average molecular weight is 306 g/mol. The molecule has 19 heavy (non-hydrogen) atoms. The molecule has 2 heterocycles. The Kier molecular flexibility index (Phi) is 3.91. The molecule has 1 fully saturated rings. The van der Waals surface area contributed by atoms with Gasteiger partial charge < -0.3 is 5.32 Å². The van der Waals surface area contributed by atoms with Crippen LogP contribution >= 0.6 is 11.6 Å². The molecule has 7 nitrogen and oxygen atoms in total. The van der Waals surface area contributed by atoms with E-state index in [0.29, 0.717) is 12.8 Å². The van der Waals surface area contributed by atoms with Crippen LogP contribution < -0.4 is 5.32 Å². The fourth-order valence-electron chi connectivity index (χ4n) is 2.01. The molecule has 1 unspecified atom stereocenters. The number of sulfone groups is 1. The topological polar surface area (TPSA) is 102 Å². The van der Waals surface area contributed by atoms with Gasteiger partial charge >= 0.3 is 5.69 Å². The van der Waals surface area contributed by atoms with E-state index in [1.165, 1.54) is 12.3 Å². The minimum atomic E-state index is -3.08. The summed E-state index contributed by atoms with van der Waals surface area (Å²) in [5.41, 5.74) is -0.254. The summed E-state index contributed by atoms with van der Waals surface area (Å²) in [5.74, 6) is 0.187. The summed E-state index contributed by atoms with van der Waals surface area (Å²) in [5, 5.41) is 13.9. The number of hydrogen-bond donors (Lipinski definition) is 1. The molecule has 9 heteroatoms. The summed E-state index contributed by atoms with van der Waals surface area (Å²) in [6.07, 6.45) is 2.47. The van der Waals surface area contributed by atoms with Gasteiger partial charge in [0.05, 0.1) is 21.5 Å². The Labute approximate surface area is 115 Å². The quantitative estimate of drug-likeness (QED) is 0.672. The van der Waals surface area contributed by atoms with Gasteiger partial charge in [0.2, 0.25) is 5.82 Å². The van der Waals surface area contributed by atoms with Gasteiger partial charge in [-0.1, -0.05) is 11.6 Å². The molecule has 2 rings (SSSR count). The first kappa shape index (κ1) is 14.0. The third kappa shape index (κ3) is 3.54. The van der Waals surface area contributed by atoms with Crippen LogP contribution in [0, 0.1) is 10.1 Å². The number of pyridine rings is 1. The molecule has 104 valence electrons. The zero-order chi connectivity index (χ0) is 14.0. The van der Waals surface area contributed by atoms with Crippen molar-refractivity contribution in [2.45, 2.75) is 18.9 Å². The molecule has 1 aliphatic heterocycles. The maximum Gasteiger partial charge on any atom is 0.312 e. The lowest BCUT2D eigenvalue weighted by Gasteiger charge is -2.23. The van der Waals surface area contributed by atoms with Gasteiger partial charge in [-0.05, 0) is 12.8 Å². The van der Waals surface area contributed by atoms with E-state index in [2.05, 4.69) is 10.3 Å². The second-order valence-corrected chi connectivity index (χ2v) is 7.04. The predicted molar refractivity (Wildman–Crippen MR) is 71.2 cm³/mol. The highest BCUT2D eigenvalue weighted by molar-refractivity contribution is 7.91. The third-order valence-electron chi connectivity index (χ3n) is 2.83. The summed E-state index contributed by atoms with van der Waals surface area (Å²) in [4.78, 5) is 14.2. The molecule has 0 amide bonds. The van der Waals surface area contributed by atoms with Crippen LogP contribution in [0.25, 0.3) is 0 Å². The molecular formula is C10H12ClN3O4S. The Bertz CT molecular complexity index is 605. The molecule has 0 saturated carbocycles. The van der Waals surface area contributed by atoms with E-state index in [4.69, 9.17) is 11.6 Å². The van der Waals surface area contributed by atoms with E-state index in [9.17, 15) is 18.5 Å². The predicted octanol–water partition coefficient (Wildman–Crippen LogP) is 1.63. The molecule has 1 aromatic rings. The average Bonchev–Trinajstić information content (AvgIpc) is 2.30. The van der Waals surface area contributed by atoms with E-state index in [1.807, 2.05) is 0 Å². The van der Waals surface area contributed by atoms with Crippen LogP contribution in [0.1, 0.15) is 12.8 Å². The third-order valence-corrected chi connectivity index (χ3v) is 4.86. The zero-order valence-electron chi connectivity index (χ0n) is 9.87. The monoisotopic (exact) mass is 305 g/mol. The Hall–Kier alpha value is -1.41. The van der Waals surface area contributed by atoms with Crippen LogP contribution in [0.5, 0.6) is 0 Å². The van der Waals surface area contributed by atoms with E-state index in [0.717, 1.165) is 0 Å². The Balaban J connectivity index is 2.21. The highest BCUT2D eigenvalue weighted by atomic mass is 35.5. The van der Waals surface area contributed by atoms with Crippen LogP contribution in [0.3, 0.4) is 0 Å². The molecule has 0 aliphatic carbocycles. The number of nitro groups is 1. The molecule has 0 spiro atoms.